The molecule has 0 spiro atoms. The molecule has 138 valence electrons. The van der Waals surface area contributed by atoms with Crippen molar-refractivity contribution in [1.29, 1.82) is 5.26 Å². The molecule has 1 aliphatic rings. The monoisotopic (exact) mass is 365 g/mol. The zero-order valence-corrected chi connectivity index (χ0v) is 14.4. The number of nitriles is 1. The van der Waals surface area contributed by atoms with Gasteiger partial charge in [-0.15, -0.1) is 0 Å². The van der Waals surface area contributed by atoms with Gasteiger partial charge < -0.3 is 24.4 Å². The Hall–Kier alpha value is -3.37. The smallest absolute Gasteiger partial charge is 0.262 e. The number of carboxylic acid groups (broad SMARTS) is 1. The molecular formula is C20H17N2O5-. The van der Waals surface area contributed by atoms with Crippen LogP contribution in [0, 0.1) is 11.3 Å². The maximum atomic E-state index is 12.2. The molecule has 1 atom stereocenters. The maximum absolute atomic E-state index is 12.2. The third-order valence-electron chi connectivity index (χ3n) is 4.20. The van der Waals surface area contributed by atoms with Crippen molar-refractivity contribution in [2.45, 2.75) is 18.9 Å². The number of hydrogen-bond donors (Lipinski definition) is 1. The summed E-state index contributed by atoms with van der Waals surface area (Å²) in [4.78, 5) is 22.9. The molecule has 2 heterocycles. The molecule has 3 rings (SSSR count). The number of carbonyl (C=O) groups excluding carboxylic acids is 2. The number of hydrogen-bond acceptors (Lipinski definition) is 6. The first kappa shape index (κ1) is 18.4. The molecule has 0 aliphatic carbocycles. The summed E-state index contributed by atoms with van der Waals surface area (Å²) in [5.74, 6) is -0.900. The summed E-state index contributed by atoms with van der Waals surface area (Å²) in [6, 6.07) is 11.2. The maximum Gasteiger partial charge on any atom is 0.262 e. The Morgan fingerprint density at radius 3 is 2.67 bits per heavy atom. The lowest BCUT2D eigenvalue weighted by molar-refractivity contribution is -0.255. The highest BCUT2D eigenvalue weighted by Crippen LogP contribution is 2.24. The summed E-state index contributed by atoms with van der Waals surface area (Å²) in [7, 11) is 0. The Bertz CT molecular complexity index is 899. The van der Waals surface area contributed by atoms with Gasteiger partial charge >= 0.3 is 0 Å². The van der Waals surface area contributed by atoms with Gasteiger partial charge in [-0.1, -0.05) is 24.3 Å². The fraction of sp³-hybridized carbons (Fsp3) is 0.250. The summed E-state index contributed by atoms with van der Waals surface area (Å²) in [5, 5.41) is 22.7. The van der Waals surface area contributed by atoms with Crippen molar-refractivity contribution in [3.63, 3.8) is 0 Å². The van der Waals surface area contributed by atoms with Crippen LogP contribution in [0.1, 0.15) is 29.0 Å². The van der Waals surface area contributed by atoms with Crippen LogP contribution in [0.4, 0.5) is 0 Å². The van der Waals surface area contributed by atoms with Gasteiger partial charge in [0.05, 0.1) is 12.1 Å². The molecule has 1 amide bonds. The Morgan fingerprint density at radius 2 is 2.04 bits per heavy atom. The third kappa shape index (κ3) is 4.63. The number of carboxylic acids is 1. The molecule has 1 N–H and O–H groups in total. The fourth-order valence-corrected chi connectivity index (χ4v) is 2.75. The van der Waals surface area contributed by atoms with Gasteiger partial charge in [0.15, 0.2) is 0 Å². The number of furan rings is 1. The zero-order valence-electron chi connectivity index (χ0n) is 14.4. The number of rotatable bonds is 6. The first-order valence-electron chi connectivity index (χ1n) is 8.50. The normalized spacial score (nSPS) is 16.7. The van der Waals surface area contributed by atoms with Gasteiger partial charge in [-0.05, 0) is 30.5 Å². The van der Waals surface area contributed by atoms with E-state index in [1.165, 1.54) is 18.2 Å². The molecule has 1 aliphatic heterocycles. The van der Waals surface area contributed by atoms with Crippen LogP contribution < -0.4 is 10.4 Å². The van der Waals surface area contributed by atoms with Crippen molar-refractivity contribution < 1.29 is 23.8 Å². The molecule has 2 aromatic rings. The second-order valence-corrected chi connectivity index (χ2v) is 6.08. The molecule has 27 heavy (non-hydrogen) atoms. The highest BCUT2D eigenvalue weighted by molar-refractivity contribution is 6.01. The quantitative estimate of drug-likeness (QED) is 0.613. The molecule has 7 heteroatoms. The average molecular weight is 365 g/mol. The van der Waals surface area contributed by atoms with Crippen molar-refractivity contribution in [3.05, 3.63) is 53.3 Å². The van der Waals surface area contributed by atoms with Crippen LogP contribution in [0.5, 0.6) is 0 Å². The minimum Gasteiger partial charge on any atom is -0.545 e. The van der Waals surface area contributed by atoms with Crippen molar-refractivity contribution in [2.75, 3.05) is 13.2 Å². The van der Waals surface area contributed by atoms with Crippen LogP contribution >= 0.6 is 0 Å². The van der Waals surface area contributed by atoms with Crippen LogP contribution in [0.25, 0.3) is 17.4 Å². The summed E-state index contributed by atoms with van der Waals surface area (Å²) < 4.78 is 11.1. The SMILES string of the molecule is N#C/C(=C\c1ccc(-c2ccc(C(=O)[O-])cc2)o1)C(=O)NC[C@H]1CCCO1. The largest absolute Gasteiger partial charge is 0.545 e. The zero-order chi connectivity index (χ0) is 19.2. The fourth-order valence-electron chi connectivity index (χ4n) is 2.75. The number of benzene rings is 1. The number of ether oxygens (including phenoxy) is 1. The number of carbonyl (C=O) groups is 2. The van der Waals surface area contributed by atoms with E-state index in [0.717, 1.165) is 12.8 Å². The van der Waals surface area contributed by atoms with Gasteiger partial charge in [0.1, 0.15) is 23.2 Å². The minimum absolute atomic E-state index is 0.00641. The van der Waals surface area contributed by atoms with Crippen LogP contribution in [0.3, 0.4) is 0 Å². The van der Waals surface area contributed by atoms with E-state index in [2.05, 4.69) is 5.32 Å². The number of nitrogens with zero attached hydrogens (tertiary/aromatic N) is 1. The molecule has 0 saturated carbocycles. The standard InChI is InChI=1S/C20H18N2O5/c21-11-15(19(23)22-12-17-2-1-9-26-17)10-16-7-8-18(27-16)13-3-5-14(6-4-13)20(24)25/h3-8,10,17H,1-2,9,12H2,(H,22,23)(H,24,25)/p-1/b15-10+/t17-/m1/s1. The van der Waals surface area contributed by atoms with Crippen LogP contribution in [-0.4, -0.2) is 31.1 Å². The van der Waals surface area contributed by atoms with Gasteiger partial charge in [-0.25, -0.2) is 0 Å². The molecule has 1 fully saturated rings. The van der Waals surface area contributed by atoms with Gasteiger partial charge in [0.25, 0.3) is 5.91 Å². The van der Waals surface area contributed by atoms with E-state index in [1.807, 2.05) is 6.07 Å². The molecule has 0 bridgehead atoms. The molecule has 7 nitrogen and oxygen atoms in total. The topological polar surface area (TPSA) is 115 Å². The van der Waals surface area contributed by atoms with Gasteiger partial charge in [0.2, 0.25) is 0 Å². The predicted octanol–water partition coefficient (Wildman–Crippen LogP) is 1.51. The molecule has 0 unspecified atom stereocenters. The Morgan fingerprint density at radius 1 is 1.26 bits per heavy atom. The predicted molar refractivity (Wildman–Crippen MR) is 94.0 cm³/mol. The van der Waals surface area contributed by atoms with E-state index in [9.17, 15) is 20.0 Å². The van der Waals surface area contributed by atoms with E-state index in [4.69, 9.17) is 9.15 Å². The lowest BCUT2D eigenvalue weighted by atomic mass is 10.1. The second-order valence-electron chi connectivity index (χ2n) is 6.08. The van der Waals surface area contributed by atoms with E-state index >= 15 is 0 Å². The average Bonchev–Trinajstić information content (AvgIpc) is 3.36. The Kier molecular flexibility index (Phi) is 5.69. The highest BCUT2D eigenvalue weighted by atomic mass is 16.5. The van der Waals surface area contributed by atoms with Crippen molar-refractivity contribution >= 4 is 18.0 Å². The molecule has 0 radical (unpaired) electrons. The lowest BCUT2D eigenvalue weighted by Gasteiger charge is -2.09. The number of aromatic carboxylic acids is 1. The molecule has 1 aromatic heterocycles. The first-order chi connectivity index (χ1) is 13.1. The third-order valence-corrected chi connectivity index (χ3v) is 4.20. The first-order valence-corrected chi connectivity index (χ1v) is 8.50. The van der Waals surface area contributed by atoms with Crippen molar-refractivity contribution in [3.8, 4) is 17.4 Å². The van der Waals surface area contributed by atoms with E-state index in [-0.39, 0.29) is 17.2 Å². The Balaban J connectivity index is 1.69. The Labute approximate surface area is 155 Å². The highest BCUT2D eigenvalue weighted by Gasteiger charge is 2.18. The van der Waals surface area contributed by atoms with Crippen LogP contribution in [0.15, 0.2) is 46.4 Å². The van der Waals surface area contributed by atoms with Crippen LogP contribution in [-0.2, 0) is 9.53 Å². The van der Waals surface area contributed by atoms with Crippen LogP contribution in [0.2, 0.25) is 0 Å². The van der Waals surface area contributed by atoms with E-state index < -0.39 is 11.9 Å². The molecule has 1 aromatic carbocycles. The van der Waals surface area contributed by atoms with Gasteiger partial charge in [0, 0.05) is 24.8 Å². The van der Waals surface area contributed by atoms with E-state index in [0.29, 0.717) is 30.2 Å². The minimum atomic E-state index is -1.25. The van der Waals surface area contributed by atoms with Crippen molar-refractivity contribution in [1.82, 2.24) is 5.32 Å². The summed E-state index contributed by atoms with van der Waals surface area (Å²) in [6.45, 7) is 1.06. The van der Waals surface area contributed by atoms with Gasteiger partial charge in [-0.2, -0.15) is 5.26 Å². The summed E-state index contributed by atoms with van der Waals surface area (Å²) in [6.07, 6.45) is 3.22. The second kappa shape index (κ2) is 8.34. The summed E-state index contributed by atoms with van der Waals surface area (Å²) >= 11 is 0. The van der Waals surface area contributed by atoms with Crippen molar-refractivity contribution in [2.24, 2.45) is 0 Å². The molecular weight excluding hydrogens is 348 g/mol. The van der Waals surface area contributed by atoms with Gasteiger partial charge in [-0.3, -0.25) is 4.79 Å². The summed E-state index contributed by atoms with van der Waals surface area (Å²) in [5.41, 5.74) is 0.669. The lowest BCUT2D eigenvalue weighted by Crippen LogP contribution is -2.32. The van der Waals surface area contributed by atoms with E-state index in [1.54, 1.807) is 24.3 Å². The number of nitrogens with one attached hydrogen (secondary N) is 1. The molecule has 1 saturated heterocycles. The number of amides is 1.